The van der Waals surface area contributed by atoms with Crippen LogP contribution in [0, 0.1) is 11.6 Å². The maximum atomic E-state index is 14.4. The summed E-state index contributed by atoms with van der Waals surface area (Å²) in [5.41, 5.74) is 4.24. The fraction of sp³-hybridized carbons (Fsp3) is 0.152. The largest absolute Gasteiger partial charge is 0.455 e. The molecule has 0 saturated heterocycles. The molecular formula is C33H27F2N3O5S. The van der Waals surface area contributed by atoms with E-state index in [-0.39, 0.29) is 28.3 Å². The Kier molecular flexibility index (Phi) is 7.21. The molecule has 6 rings (SSSR count). The highest BCUT2D eigenvalue weighted by atomic mass is 32.2. The molecule has 0 aliphatic heterocycles. The summed E-state index contributed by atoms with van der Waals surface area (Å²) in [6, 6.07) is 18.8. The maximum absolute atomic E-state index is 14.4. The summed E-state index contributed by atoms with van der Waals surface area (Å²) in [4.78, 5) is 17.6. The molecule has 2 heterocycles. The molecule has 1 amide bonds. The van der Waals surface area contributed by atoms with Gasteiger partial charge in [0.1, 0.15) is 22.7 Å². The van der Waals surface area contributed by atoms with Crippen molar-refractivity contribution in [2.24, 2.45) is 0 Å². The average Bonchev–Trinajstić information content (AvgIpc) is 3.62. The maximum Gasteiger partial charge on any atom is 0.255 e. The summed E-state index contributed by atoms with van der Waals surface area (Å²) in [5, 5.41) is 3.07. The Morgan fingerprint density at radius 3 is 2.32 bits per heavy atom. The fourth-order valence-electron chi connectivity index (χ4n) is 5.25. The predicted octanol–water partition coefficient (Wildman–Crippen LogP) is 7.17. The SMILES string of the molecule is CCc1ccc(-c2nc3c(F)cccc3o2)cc1-c1cc2c(C(=O)NC)c(-c3ccc(F)cc3)oc2cc1N(C)S(C)(=O)=O. The number of sulfonamides is 1. The first kappa shape index (κ1) is 29.1. The van der Waals surface area contributed by atoms with Gasteiger partial charge in [-0.15, -0.1) is 0 Å². The van der Waals surface area contributed by atoms with Crippen LogP contribution in [0.15, 0.2) is 81.6 Å². The Labute approximate surface area is 252 Å². The van der Waals surface area contributed by atoms with E-state index in [0.717, 1.165) is 16.1 Å². The summed E-state index contributed by atoms with van der Waals surface area (Å²) < 4.78 is 67.0. The number of hydrogen-bond acceptors (Lipinski definition) is 6. The Hall–Kier alpha value is -5.03. The first-order valence-electron chi connectivity index (χ1n) is 13.7. The lowest BCUT2D eigenvalue weighted by atomic mass is 9.92. The van der Waals surface area contributed by atoms with Gasteiger partial charge in [-0.2, -0.15) is 0 Å². The second-order valence-electron chi connectivity index (χ2n) is 10.3. The van der Waals surface area contributed by atoms with Crippen molar-refractivity contribution >= 4 is 43.7 Å². The average molecular weight is 616 g/mol. The second kappa shape index (κ2) is 10.9. The standard InChI is InChI=1S/C33H27F2N3O5S/c1-5-18-9-10-20(33-37-30-25(35)7-6-8-27(30)43-33)15-22(18)23-16-24-28(17-26(23)38(3)44(4,40)41)42-31(29(24)32(39)36-2)19-11-13-21(34)14-12-19/h6-17H,5H2,1-4H3,(H,36,39). The number of fused-ring (bicyclic) bond motifs is 2. The van der Waals surface area contributed by atoms with Crippen LogP contribution in [0.1, 0.15) is 22.8 Å². The number of hydrogen-bond donors (Lipinski definition) is 1. The van der Waals surface area contributed by atoms with Crippen molar-refractivity contribution in [1.82, 2.24) is 10.3 Å². The number of nitrogens with one attached hydrogen (secondary N) is 1. The lowest BCUT2D eigenvalue weighted by molar-refractivity contribution is 0.0964. The zero-order valence-corrected chi connectivity index (χ0v) is 25.1. The van der Waals surface area contributed by atoms with Crippen molar-refractivity contribution in [3.05, 3.63) is 95.6 Å². The van der Waals surface area contributed by atoms with Crippen molar-refractivity contribution in [1.29, 1.82) is 0 Å². The first-order valence-corrected chi connectivity index (χ1v) is 15.6. The number of amides is 1. The fourth-order valence-corrected chi connectivity index (χ4v) is 5.76. The summed E-state index contributed by atoms with van der Waals surface area (Å²) >= 11 is 0. The number of para-hydroxylation sites is 1. The highest BCUT2D eigenvalue weighted by Crippen LogP contribution is 2.43. The molecule has 1 N–H and O–H groups in total. The normalized spacial score (nSPS) is 11.8. The van der Waals surface area contributed by atoms with Crippen LogP contribution in [-0.2, 0) is 16.4 Å². The predicted molar refractivity (Wildman–Crippen MR) is 166 cm³/mol. The van der Waals surface area contributed by atoms with E-state index in [1.165, 1.54) is 50.5 Å². The van der Waals surface area contributed by atoms with Crippen molar-refractivity contribution < 1.29 is 30.8 Å². The molecule has 6 aromatic rings. The number of benzene rings is 4. The van der Waals surface area contributed by atoms with E-state index >= 15 is 0 Å². The van der Waals surface area contributed by atoms with E-state index in [2.05, 4.69) is 10.3 Å². The Morgan fingerprint density at radius 2 is 1.66 bits per heavy atom. The molecule has 0 spiro atoms. The zero-order chi connectivity index (χ0) is 31.3. The van der Waals surface area contributed by atoms with Gasteiger partial charge in [0.25, 0.3) is 5.91 Å². The highest BCUT2D eigenvalue weighted by molar-refractivity contribution is 7.92. The number of carbonyl (C=O) groups is 1. The molecule has 0 saturated carbocycles. The summed E-state index contributed by atoms with van der Waals surface area (Å²) in [6.07, 6.45) is 1.68. The lowest BCUT2D eigenvalue weighted by Gasteiger charge is -2.22. The van der Waals surface area contributed by atoms with E-state index in [4.69, 9.17) is 8.83 Å². The van der Waals surface area contributed by atoms with Crippen molar-refractivity contribution in [3.63, 3.8) is 0 Å². The van der Waals surface area contributed by atoms with Crippen LogP contribution >= 0.6 is 0 Å². The quantitative estimate of drug-likeness (QED) is 0.204. The molecule has 4 aromatic carbocycles. The minimum absolute atomic E-state index is 0.101. The molecule has 0 fully saturated rings. The molecule has 224 valence electrons. The molecule has 0 atom stereocenters. The van der Waals surface area contributed by atoms with E-state index < -0.39 is 27.6 Å². The Balaban J connectivity index is 1.65. The van der Waals surface area contributed by atoms with Crippen LogP contribution in [0.25, 0.3) is 56.0 Å². The van der Waals surface area contributed by atoms with Crippen LogP contribution in [0.3, 0.4) is 0 Å². The van der Waals surface area contributed by atoms with Crippen molar-refractivity contribution in [3.8, 4) is 33.9 Å². The van der Waals surface area contributed by atoms with Crippen molar-refractivity contribution in [2.45, 2.75) is 13.3 Å². The van der Waals surface area contributed by atoms with E-state index in [1.54, 1.807) is 18.2 Å². The van der Waals surface area contributed by atoms with Gasteiger partial charge in [-0.3, -0.25) is 9.10 Å². The molecule has 11 heteroatoms. The van der Waals surface area contributed by atoms with Gasteiger partial charge >= 0.3 is 0 Å². The summed E-state index contributed by atoms with van der Waals surface area (Å²) in [5.74, 6) is -0.983. The smallest absolute Gasteiger partial charge is 0.255 e. The van der Waals surface area contributed by atoms with Gasteiger partial charge < -0.3 is 14.2 Å². The van der Waals surface area contributed by atoms with Crippen LogP contribution in [0.2, 0.25) is 0 Å². The van der Waals surface area contributed by atoms with Crippen LogP contribution in [0.4, 0.5) is 14.5 Å². The number of furan rings is 1. The van der Waals surface area contributed by atoms with Gasteiger partial charge in [-0.25, -0.2) is 22.2 Å². The molecule has 44 heavy (non-hydrogen) atoms. The van der Waals surface area contributed by atoms with Gasteiger partial charge in [0.15, 0.2) is 11.4 Å². The Bertz CT molecular complexity index is 2190. The van der Waals surface area contributed by atoms with Gasteiger partial charge in [-0.05, 0) is 72.1 Å². The number of carbonyl (C=O) groups excluding carboxylic acids is 1. The number of anilines is 1. The summed E-state index contributed by atoms with van der Waals surface area (Å²) in [6.45, 7) is 1.96. The molecular weight excluding hydrogens is 588 g/mol. The van der Waals surface area contributed by atoms with Gasteiger partial charge in [-0.1, -0.05) is 19.1 Å². The highest BCUT2D eigenvalue weighted by Gasteiger charge is 2.27. The molecule has 0 radical (unpaired) electrons. The minimum Gasteiger partial charge on any atom is -0.455 e. The minimum atomic E-state index is -3.74. The third-order valence-electron chi connectivity index (χ3n) is 7.60. The van der Waals surface area contributed by atoms with E-state index in [1.807, 2.05) is 25.1 Å². The third-order valence-corrected chi connectivity index (χ3v) is 8.79. The van der Waals surface area contributed by atoms with E-state index in [0.29, 0.717) is 45.3 Å². The van der Waals surface area contributed by atoms with Gasteiger partial charge in [0.2, 0.25) is 15.9 Å². The summed E-state index contributed by atoms with van der Waals surface area (Å²) in [7, 11) is -0.819. The van der Waals surface area contributed by atoms with Crippen LogP contribution in [0.5, 0.6) is 0 Å². The van der Waals surface area contributed by atoms with Crippen LogP contribution in [-0.4, -0.2) is 39.7 Å². The lowest BCUT2D eigenvalue weighted by Crippen LogP contribution is -2.25. The Morgan fingerprint density at radius 1 is 0.932 bits per heavy atom. The molecule has 2 aromatic heterocycles. The monoisotopic (exact) mass is 615 g/mol. The number of halogens is 2. The van der Waals surface area contributed by atoms with Gasteiger partial charge in [0.05, 0.1) is 17.5 Å². The zero-order valence-electron chi connectivity index (χ0n) is 24.2. The number of nitrogens with zero attached hydrogens (tertiary/aromatic N) is 2. The number of aromatic nitrogens is 1. The van der Waals surface area contributed by atoms with Crippen molar-refractivity contribution in [2.75, 3.05) is 24.7 Å². The molecule has 0 aliphatic rings. The third kappa shape index (κ3) is 4.98. The molecule has 0 bridgehead atoms. The number of rotatable bonds is 7. The molecule has 0 unspecified atom stereocenters. The van der Waals surface area contributed by atoms with Crippen LogP contribution < -0.4 is 9.62 Å². The first-order chi connectivity index (χ1) is 21.0. The van der Waals surface area contributed by atoms with Gasteiger partial charge in [0, 0.05) is 42.2 Å². The molecule has 8 nitrogen and oxygen atoms in total. The number of oxazole rings is 1. The topological polar surface area (TPSA) is 106 Å². The molecule has 0 aliphatic carbocycles. The van der Waals surface area contributed by atoms with E-state index in [9.17, 15) is 22.0 Å². The number of aryl methyl sites for hydroxylation is 1. The second-order valence-corrected chi connectivity index (χ2v) is 12.3.